The Morgan fingerprint density at radius 3 is 2.55 bits per heavy atom. The molecule has 0 bridgehead atoms. The molecule has 1 amide bonds. The summed E-state index contributed by atoms with van der Waals surface area (Å²) >= 11 is 0. The van der Waals surface area contributed by atoms with Gasteiger partial charge in [0.25, 0.3) is 0 Å². The van der Waals surface area contributed by atoms with Gasteiger partial charge < -0.3 is 29.3 Å². The monoisotopic (exact) mass is 590 g/mol. The number of morpholine rings is 1. The molecule has 0 spiro atoms. The normalized spacial score (nSPS) is 23.3. The highest BCUT2D eigenvalue weighted by molar-refractivity contribution is 5.75. The van der Waals surface area contributed by atoms with Crippen LogP contribution in [0.3, 0.4) is 0 Å². The zero-order valence-corrected chi connectivity index (χ0v) is 24.3. The Kier molecular flexibility index (Phi) is 7.37. The summed E-state index contributed by atoms with van der Waals surface area (Å²) in [6, 6.07) is 3.67. The number of hydrogen-bond acceptors (Lipinski definition) is 9. The molecule has 228 valence electrons. The van der Waals surface area contributed by atoms with Gasteiger partial charge in [0.05, 0.1) is 24.5 Å². The number of fused-ring (bicyclic) bond motifs is 2. The van der Waals surface area contributed by atoms with E-state index in [1.807, 2.05) is 26.8 Å². The molecule has 2 aromatic heterocycles. The fourth-order valence-corrected chi connectivity index (χ4v) is 6.10. The first-order valence-corrected chi connectivity index (χ1v) is 14.5. The molecule has 0 unspecified atom stereocenters. The fourth-order valence-electron chi connectivity index (χ4n) is 6.10. The van der Waals surface area contributed by atoms with Crippen LogP contribution in [-0.4, -0.2) is 90.0 Å². The molecule has 2 aromatic rings. The second-order valence-electron chi connectivity index (χ2n) is 12.4. The van der Waals surface area contributed by atoms with Crippen LogP contribution in [-0.2, 0) is 15.7 Å². The number of ether oxygens (including phenoxy) is 3. The summed E-state index contributed by atoms with van der Waals surface area (Å²) in [6.45, 7) is 12.0. The summed E-state index contributed by atoms with van der Waals surface area (Å²) in [5.74, 6) is -0.0230. The molecule has 0 radical (unpaired) electrons. The lowest BCUT2D eigenvalue weighted by atomic mass is 9.92. The molecule has 2 atom stereocenters. The van der Waals surface area contributed by atoms with Gasteiger partial charge in [-0.15, -0.1) is 0 Å². The number of nitrogens with one attached hydrogen (secondary N) is 1. The Morgan fingerprint density at radius 2 is 1.86 bits per heavy atom. The van der Waals surface area contributed by atoms with E-state index in [0.717, 1.165) is 12.1 Å². The number of rotatable bonds is 3. The summed E-state index contributed by atoms with van der Waals surface area (Å²) in [5, 5.41) is 3.17. The van der Waals surface area contributed by atoms with E-state index in [-0.39, 0.29) is 29.5 Å². The van der Waals surface area contributed by atoms with E-state index in [1.54, 1.807) is 24.1 Å². The number of anilines is 3. The number of pyridine rings is 2. The molecule has 1 N–H and O–H groups in total. The SMILES string of the molecule is C[C@@H]1Oc2c(cc(C3CN([C@H]4CCN(C(=O)OC(C)(C)C)C4)C3)nc2C(F)(F)F)Nc2nccc(N3CCOCC3)c21. The lowest BCUT2D eigenvalue weighted by Crippen LogP contribution is -2.52. The molecule has 3 saturated heterocycles. The topological polar surface area (TPSA) is 92.3 Å². The summed E-state index contributed by atoms with van der Waals surface area (Å²) < 4.78 is 60.2. The molecule has 13 heteroatoms. The lowest BCUT2D eigenvalue weighted by molar-refractivity contribution is -0.143. The zero-order valence-electron chi connectivity index (χ0n) is 24.3. The van der Waals surface area contributed by atoms with E-state index in [0.29, 0.717) is 69.6 Å². The lowest BCUT2D eigenvalue weighted by Gasteiger charge is -2.43. The summed E-state index contributed by atoms with van der Waals surface area (Å²) in [4.78, 5) is 27.1. The van der Waals surface area contributed by atoms with Gasteiger partial charge >= 0.3 is 12.3 Å². The highest BCUT2D eigenvalue weighted by atomic mass is 19.4. The Hall–Kier alpha value is -3.32. The van der Waals surface area contributed by atoms with Gasteiger partial charge in [0, 0.05) is 68.8 Å². The minimum atomic E-state index is -4.71. The maximum Gasteiger partial charge on any atom is 0.437 e. The quantitative estimate of drug-likeness (QED) is 0.534. The van der Waals surface area contributed by atoms with Crippen LogP contribution < -0.4 is 15.0 Å². The van der Waals surface area contributed by atoms with E-state index in [2.05, 4.69) is 25.1 Å². The van der Waals surface area contributed by atoms with Crippen LogP contribution >= 0.6 is 0 Å². The molecule has 6 heterocycles. The van der Waals surface area contributed by atoms with Crippen molar-refractivity contribution >= 4 is 23.3 Å². The Morgan fingerprint density at radius 1 is 1.12 bits per heavy atom. The van der Waals surface area contributed by atoms with Crippen molar-refractivity contribution in [3.63, 3.8) is 0 Å². The minimum Gasteiger partial charge on any atom is -0.481 e. The van der Waals surface area contributed by atoms with Crippen molar-refractivity contribution in [3.05, 3.63) is 35.3 Å². The molecule has 4 aliphatic rings. The zero-order chi connectivity index (χ0) is 29.8. The van der Waals surface area contributed by atoms with Gasteiger partial charge in [-0.05, 0) is 46.2 Å². The molecule has 0 aromatic carbocycles. The van der Waals surface area contributed by atoms with Crippen molar-refractivity contribution < 1.29 is 32.2 Å². The number of halogens is 3. The van der Waals surface area contributed by atoms with Crippen LogP contribution in [0.1, 0.15) is 63.1 Å². The maximum absolute atomic E-state index is 14.4. The first kappa shape index (κ1) is 28.8. The van der Waals surface area contributed by atoms with Crippen molar-refractivity contribution in [2.45, 2.75) is 64.0 Å². The largest absolute Gasteiger partial charge is 0.481 e. The van der Waals surface area contributed by atoms with Crippen LogP contribution in [0, 0.1) is 0 Å². The number of amides is 1. The van der Waals surface area contributed by atoms with Gasteiger partial charge in [-0.2, -0.15) is 13.2 Å². The minimum absolute atomic E-state index is 0.133. The number of carbonyl (C=O) groups is 1. The van der Waals surface area contributed by atoms with Gasteiger partial charge in [0.15, 0.2) is 11.4 Å². The van der Waals surface area contributed by atoms with E-state index in [1.165, 1.54) is 0 Å². The molecule has 3 fully saturated rings. The fraction of sp³-hybridized carbons (Fsp3) is 0.621. The highest BCUT2D eigenvalue weighted by Crippen LogP contribution is 2.48. The Balaban J connectivity index is 1.22. The number of alkyl halides is 3. The number of likely N-dealkylation sites (tertiary alicyclic amines) is 2. The number of nitrogens with zero attached hydrogens (tertiary/aromatic N) is 5. The third-order valence-corrected chi connectivity index (χ3v) is 8.19. The van der Waals surface area contributed by atoms with Crippen LogP contribution in [0.2, 0.25) is 0 Å². The molecule has 6 rings (SSSR count). The highest BCUT2D eigenvalue weighted by Gasteiger charge is 2.44. The standard InChI is InChI=1S/C29H37F3N6O4/c1-17-23-22(36-9-11-40-12-10-36)5-7-33-26(23)35-21-13-20(34-25(24(21)41-17)29(30,31)32)18-14-38(15-18)19-6-8-37(16-19)27(39)42-28(2,3)4/h5,7,13,17-19H,6,8-12,14-16H2,1-4H3,(H,33,35)/t17-,19-/m0/s1. The first-order valence-electron chi connectivity index (χ1n) is 14.5. The number of aromatic nitrogens is 2. The third kappa shape index (κ3) is 5.68. The molecule has 4 aliphatic heterocycles. The number of carbonyl (C=O) groups excluding carboxylic acids is 1. The third-order valence-electron chi connectivity index (χ3n) is 8.19. The average Bonchev–Trinajstić information content (AvgIpc) is 3.32. The van der Waals surface area contributed by atoms with Crippen molar-refractivity contribution in [2.24, 2.45) is 0 Å². The van der Waals surface area contributed by atoms with Crippen molar-refractivity contribution in [2.75, 3.05) is 62.7 Å². The molecule has 0 saturated carbocycles. The van der Waals surface area contributed by atoms with Gasteiger partial charge in [0.1, 0.15) is 17.5 Å². The van der Waals surface area contributed by atoms with Crippen LogP contribution in [0.25, 0.3) is 0 Å². The van der Waals surface area contributed by atoms with Crippen LogP contribution in [0.4, 0.5) is 35.2 Å². The van der Waals surface area contributed by atoms with Gasteiger partial charge in [-0.25, -0.2) is 14.8 Å². The Labute approximate surface area is 243 Å². The number of hydrogen-bond donors (Lipinski definition) is 1. The van der Waals surface area contributed by atoms with E-state index >= 15 is 0 Å². The van der Waals surface area contributed by atoms with Crippen LogP contribution in [0.5, 0.6) is 5.75 Å². The molecule has 10 nitrogen and oxygen atoms in total. The van der Waals surface area contributed by atoms with Crippen molar-refractivity contribution in [3.8, 4) is 5.75 Å². The van der Waals surface area contributed by atoms with E-state index in [4.69, 9.17) is 14.2 Å². The first-order chi connectivity index (χ1) is 19.9. The Bertz CT molecular complexity index is 1340. The second kappa shape index (κ2) is 10.7. The second-order valence-corrected chi connectivity index (χ2v) is 12.4. The smallest absolute Gasteiger partial charge is 0.437 e. The summed E-state index contributed by atoms with van der Waals surface area (Å²) in [5.41, 5.74) is 0.529. The molecular formula is C29H37F3N6O4. The van der Waals surface area contributed by atoms with Gasteiger partial charge in [-0.1, -0.05) is 0 Å². The average molecular weight is 591 g/mol. The molecule has 42 heavy (non-hydrogen) atoms. The predicted molar refractivity (Wildman–Crippen MR) is 149 cm³/mol. The van der Waals surface area contributed by atoms with Crippen molar-refractivity contribution in [1.82, 2.24) is 19.8 Å². The predicted octanol–water partition coefficient (Wildman–Crippen LogP) is 4.94. The van der Waals surface area contributed by atoms with Crippen molar-refractivity contribution in [1.29, 1.82) is 0 Å². The maximum atomic E-state index is 14.4. The van der Waals surface area contributed by atoms with E-state index in [9.17, 15) is 18.0 Å². The summed E-state index contributed by atoms with van der Waals surface area (Å²) in [7, 11) is 0. The molecule has 0 aliphatic carbocycles. The van der Waals surface area contributed by atoms with Gasteiger partial charge in [0.2, 0.25) is 0 Å². The van der Waals surface area contributed by atoms with E-state index < -0.39 is 23.6 Å². The van der Waals surface area contributed by atoms with Gasteiger partial charge in [-0.3, -0.25) is 4.90 Å². The summed E-state index contributed by atoms with van der Waals surface area (Å²) in [6.07, 6.45) is -3.29. The molecular weight excluding hydrogens is 553 g/mol. The van der Waals surface area contributed by atoms with Crippen LogP contribution in [0.15, 0.2) is 18.3 Å².